The van der Waals surface area contributed by atoms with Gasteiger partial charge in [0.15, 0.2) is 0 Å². The van der Waals surface area contributed by atoms with Crippen LogP contribution in [0.1, 0.15) is 43.6 Å². The van der Waals surface area contributed by atoms with Crippen LogP contribution in [0.4, 0.5) is 5.69 Å². The van der Waals surface area contributed by atoms with Gasteiger partial charge in [-0.1, -0.05) is 38.8 Å². The second-order valence-electron chi connectivity index (χ2n) is 7.23. The summed E-state index contributed by atoms with van der Waals surface area (Å²) in [7, 11) is 4.09. The quantitative estimate of drug-likeness (QED) is 0.624. The molecule has 0 unspecified atom stereocenters. The predicted molar refractivity (Wildman–Crippen MR) is 114 cm³/mol. The van der Waals surface area contributed by atoms with E-state index < -0.39 is 0 Å². The number of nitrogens with zero attached hydrogens (tertiary/aromatic N) is 3. The molecule has 0 N–H and O–H groups in total. The van der Waals surface area contributed by atoms with Crippen molar-refractivity contribution >= 4 is 16.5 Å². The summed E-state index contributed by atoms with van der Waals surface area (Å²) in [4.78, 5) is 20.0. The number of hydrogen-bond donors (Lipinski definition) is 0. The molecule has 0 amide bonds. The first-order valence-electron chi connectivity index (χ1n) is 9.82. The van der Waals surface area contributed by atoms with Crippen molar-refractivity contribution in [2.24, 2.45) is 0 Å². The zero-order chi connectivity index (χ0) is 19.4. The van der Waals surface area contributed by atoms with Gasteiger partial charge in [-0.3, -0.25) is 9.78 Å². The molecule has 0 aliphatic carbocycles. The summed E-state index contributed by atoms with van der Waals surface area (Å²) in [6.45, 7) is 4.90. The van der Waals surface area contributed by atoms with Crippen molar-refractivity contribution in [1.29, 1.82) is 0 Å². The van der Waals surface area contributed by atoms with E-state index in [-0.39, 0.29) is 5.56 Å². The molecule has 0 bridgehead atoms. The maximum Gasteiger partial charge on any atom is 0.259 e. The fourth-order valence-electron chi connectivity index (χ4n) is 3.85. The minimum atomic E-state index is 0.0858. The monoisotopic (exact) mass is 363 g/mol. The minimum absolute atomic E-state index is 0.0858. The number of anilines is 1. The van der Waals surface area contributed by atoms with E-state index in [9.17, 15) is 4.79 Å². The zero-order valence-corrected chi connectivity index (χ0v) is 16.8. The van der Waals surface area contributed by atoms with Crippen LogP contribution in [-0.4, -0.2) is 23.6 Å². The lowest BCUT2D eigenvalue weighted by Crippen LogP contribution is -2.27. The molecule has 3 aromatic rings. The summed E-state index contributed by atoms with van der Waals surface area (Å²) in [5.41, 5.74) is 4.60. The van der Waals surface area contributed by atoms with Crippen molar-refractivity contribution in [3.8, 4) is 0 Å². The molecule has 0 aliphatic rings. The van der Waals surface area contributed by atoms with Gasteiger partial charge in [-0.15, -0.1) is 0 Å². The third kappa shape index (κ3) is 3.75. The Bertz CT molecular complexity index is 974. The Morgan fingerprint density at radius 1 is 1.00 bits per heavy atom. The first-order chi connectivity index (χ1) is 13.1. The molecule has 0 radical (unpaired) electrons. The summed E-state index contributed by atoms with van der Waals surface area (Å²) in [6.07, 6.45) is 5.72. The first kappa shape index (κ1) is 19.2. The van der Waals surface area contributed by atoms with Crippen molar-refractivity contribution in [2.45, 2.75) is 46.1 Å². The topological polar surface area (TPSA) is 38.1 Å². The van der Waals surface area contributed by atoms with E-state index >= 15 is 0 Å². The Balaban J connectivity index is 2.36. The van der Waals surface area contributed by atoms with Crippen LogP contribution < -0.4 is 10.5 Å². The van der Waals surface area contributed by atoms with E-state index in [0.29, 0.717) is 6.54 Å². The Kier molecular flexibility index (Phi) is 5.94. The third-order valence-electron chi connectivity index (χ3n) is 5.01. The Morgan fingerprint density at radius 3 is 2.41 bits per heavy atom. The fraction of sp³-hybridized carbons (Fsp3) is 0.391. The Morgan fingerprint density at radius 2 is 1.78 bits per heavy atom. The van der Waals surface area contributed by atoms with Crippen LogP contribution in [0.25, 0.3) is 10.8 Å². The highest BCUT2D eigenvalue weighted by atomic mass is 16.1. The van der Waals surface area contributed by atoms with E-state index in [1.807, 2.05) is 49.0 Å². The molecule has 0 atom stereocenters. The lowest BCUT2D eigenvalue weighted by Gasteiger charge is -2.23. The van der Waals surface area contributed by atoms with E-state index in [0.717, 1.165) is 53.5 Å². The predicted octanol–water partition coefficient (Wildman–Crippen LogP) is 4.42. The fourth-order valence-corrected chi connectivity index (χ4v) is 3.85. The number of pyridine rings is 2. The van der Waals surface area contributed by atoms with Crippen molar-refractivity contribution < 1.29 is 0 Å². The van der Waals surface area contributed by atoms with Crippen molar-refractivity contribution in [2.75, 3.05) is 19.0 Å². The van der Waals surface area contributed by atoms with Crippen LogP contribution in [0.3, 0.4) is 0 Å². The highest BCUT2D eigenvalue weighted by Crippen LogP contribution is 2.31. The van der Waals surface area contributed by atoms with Crippen molar-refractivity contribution in [3.63, 3.8) is 0 Å². The van der Waals surface area contributed by atoms with Crippen LogP contribution in [-0.2, 0) is 19.4 Å². The molecule has 4 heteroatoms. The standard InChI is InChI=1S/C23H29N3O/c1-5-10-18-20(11-6-2)26(16-17-12-7-8-15-24-17)23(27)19-13-9-14-21(22(18)19)25(3)4/h7-9,12-15H,5-6,10-11,16H2,1-4H3. The number of benzene rings is 1. The molecular formula is C23H29N3O. The lowest BCUT2D eigenvalue weighted by molar-refractivity contribution is 0.668. The Labute approximate surface area is 161 Å². The van der Waals surface area contributed by atoms with Crippen LogP contribution in [0.5, 0.6) is 0 Å². The summed E-state index contributed by atoms with van der Waals surface area (Å²) in [5, 5.41) is 1.93. The van der Waals surface area contributed by atoms with Gasteiger partial charge in [0.1, 0.15) is 0 Å². The second kappa shape index (κ2) is 8.38. The van der Waals surface area contributed by atoms with Gasteiger partial charge in [-0.2, -0.15) is 0 Å². The molecule has 1 aromatic carbocycles. The summed E-state index contributed by atoms with van der Waals surface area (Å²) < 4.78 is 1.96. The molecule has 0 fully saturated rings. The first-order valence-corrected chi connectivity index (χ1v) is 9.82. The maximum atomic E-state index is 13.5. The zero-order valence-electron chi connectivity index (χ0n) is 16.8. The molecule has 0 saturated heterocycles. The molecule has 0 aliphatic heterocycles. The number of aromatic nitrogens is 2. The maximum absolute atomic E-state index is 13.5. The summed E-state index contributed by atoms with van der Waals surface area (Å²) in [5.74, 6) is 0. The average Bonchev–Trinajstić information content (AvgIpc) is 2.68. The van der Waals surface area contributed by atoms with Gasteiger partial charge in [0.05, 0.1) is 12.2 Å². The number of aryl methyl sites for hydroxylation is 1. The lowest BCUT2D eigenvalue weighted by atomic mass is 9.95. The van der Waals surface area contributed by atoms with Gasteiger partial charge >= 0.3 is 0 Å². The van der Waals surface area contributed by atoms with Gasteiger partial charge in [-0.25, -0.2) is 0 Å². The summed E-state index contributed by atoms with van der Waals surface area (Å²) >= 11 is 0. The van der Waals surface area contributed by atoms with Gasteiger partial charge < -0.3 is 9.47 Å². The normalized spacial score (nSPS) is 11.1. The molecular weight excluding hydrogens is 334 g/mol. The van der Waals surface area contributed by atoms with Crippen molar-refractivity contribution in [3.05, 3.63) is 69.9 Å². The molecule has 142 valence electrons. The minimum Gasteiger partial charge on any atom is -0.377 e. The smallest absolute Gasteiger partial charge is 0.259 e. The summed E-state index contributed by atoms with van der Waals surface area (Å²) in [6, 6.07) is 11.9. The van der Waals surface area contributed by atoms with Crippen LogP contribution >= 0.6 is 0 Å². The number of hydrogen-bond acceptors (Lipinski definition) is 3. The molecule has 2 aromatic heterocycles. The molecule has 4 nitrogen and oxygen atoms in total. The molecule has 3 rings (SSSR count). The number of rotatable bonds is 7. The highest BCUT2D eigenvalue weighted by Gasteiger charge is 2.19. The van der Waals surface area contributed by atoms with Crippen LogP contribution in [0.15, 0.2) is 47.4 Å². The molecule has 0 spiro atoms. The van der Waals surface area contributed by atoms with Crippen LogP contribution in [0, 0.1) is 0 Å². The highest BCUT2D eigenvalue weighted by molar-refractivity contribution is 5.97. The van der Waals surface area contributed by atoms with Crippen molar-refractivity contribution in [1.82, 2.24) is 9.55 Å². The van der Waals surface area contributed by atoms with Gasteiger partial charge in [0.2, 0.25) is 0 Å². The van der Waals surface area contributed by atoms with Gasteiger partial charge in [0, 0.05) is 42.4 Å². The van der Waals surface area contributed by atoms with E-state index in [2.05, 4.69) is 29.8 Å². The van der Waals surface area contributed by atoms with E-state index in [1.165, 1.54) is 5.56 Å². The second-order valence-corrected chi connectivity index (χ2v) is 7.23. The van der Waals surface area contributed by atoms with Gasteiger partial charge in [-0.05, 0) is 42.7 Å². The molecule has 2 heterocycles. The largest absolute Gasteiger partial charge is 0.377 e. The van der Waals surface area contributed by atoms with Gasteiger partial charge in [0.25, 0.3) is 5.56 Å². The van der Waals surface area contributed by atoms with E-state index in [1.54, 1.807) is 6.20 Å². The Hall–Kier alpha value is -2.62. The molecule has 0 saturated carbocycles. The third-order valence-corrected chi connectivity index (χ3v) is 5.01. The van der Waals surface area contributed by atoms with E-state index in [4.69, 9.17) is 0 Å². The molecule has 27 heavy (non-hydrogen) atoms. The SMILES string of the molecule is CCCc1c(CCC)n(Cc2ccccn2)c(=O)c2cccc(N(C)C)c12. The van der Waals surface area contributed by atoms with Crippen LogP contribution in [0.2, 0.25) is 0 Å². The number of fused-ring (bicyclic) bond motifs is 1. The average molecular weight is 364 g/mol.